The number of para-hydroxylation sites is 1. The van der Waals surface area contributed by atoms with Crippen molar-refractivity contribution in [2.45, 2.75) is 6.92 Å². The summed E-state index contributed by atoms with van der Waals surface area (Å²) in [6.45, 7) is 2.10. The highest BCUT2D eigenvalue weighted by Crippen LogP contribution is 2.22. The minimum absolute atomic E-state index is 1.14. The van der Waals surface area contributed by atoms with Gasteiger partial charge in [0.1, 0.15) is 0 Å². The van der Waals surface area contributed by atoms with E-state index in [0.29, 0.717) is 0 Å². The molecule has 2 heteroatoms. The van der Waals surface area contributed by atoms with E-state index in [-0.39, 0.29) is 0 Å². The van der Waals surface area contributed by atoms with Crippen LogP contribution in [0, 0.1) is 10.5 Å². The van der Waals surface area contributed by atoms with Crippen LogP contribution < -0.4 is 5.32 Å². The van der Waals surface area contributed by atoms with Crippen LogP contribution in [0.5, 0.6) is 0 Å². The van der Waals surface area contributed by atoms with Crippen LogP contribution in [0.3, 0.4) is 0 Å². The van der Waals surface area contributed by atoms with Crippen molar-refractivity contribution in [3.8, 4) is 0 Å². The molecule has 2 aromatic carbocycles. The van der Waals surface area contributed by atoms with Crippen molar-refractivity contribution in [3.63, 3.8) is 0 Å². The normalized spacial score (nSPS) is 10.0. The number of nitrogens with one attached hydrogen (secondary N) is 1. The molecule has 0 bridgehead atoms. The maximum Gasteiger partial charge on any atom is 0.0519 e. The van der Waals surface area contributed by atoms with Crippen LogP contribution >= 0.6 is 22.6 Å². The van der Waals surface area contributed by atoms with E-state index in [1.54, 1.807) is 0 Å². The molecule has 0 saturated carbocycles. The largest absolute Gasteiger partial charge is 0.355 e. The van der Waals surface area contributed by atoms with Gasteiger partial charge in [-0.05, 0) is 59.3 Å². The Morgan fingerprint density at radius 2 is 1.80 bits per heavy atom. The summed E-state index contributed by atoms with van der Waals surface area (Å²) in [6, 6.07) is 16.7. The minimum Gasteiger partial charge on any atom is -0.355 e. The van der Waals surface area contributed by atoms with Crippen LogP contribution in [-0.4, -0.2) is 0 Å². The van der Waals surface area contributed by atoms with Gasteiger partial charge in [-0.3, -0.25) is 0 Å². The van der Waals surface area contributed by atoms with Gasteiger partial charge >= 0.3 is 0 Å². The molecule has 1 N–H and O–H groups in total. The molecule has 0 radical (unpaired) electrons. The molecule has 0 heterocycles. The van der Waals surface area contributed by atoms with Crippen molar-refractivity contribution in [1.29, 1.82) is 0 Å². The smallest absolute Gasteiger partial charge is 0.0519 e. The van der Waals surface area contributed by atoms with Crippen LogP contribution in [0.25, 0.3) is 0 Å². The van der Waals surface area contributed by atoms with E-state index in [4.69, 9.17) is 0 Å². The second-order valence-electron chi connectivity index (χ2n) is 3.47. The third-order valence-electron chi connectivity index (χ3n) is 2.17. The molecule has 0 saturated heterocycles. The van der Waals surface area contributed by atoms with Crippen molar-refractivity contribution in [2.75, 3.05) is 5.32 Å². The van der Waals surface area contributed by atoms with Crippen molar-refractivity contribution in [3.05, 3.63) is 57.7 Å². The molecule has 0 aliphatic heterocycles. The fraction of sp³-hybridized carbons (Fsp3) is 0.0769. The maximum absolute atomic E-state index is 3.41. The Morgan fingerprint density at radius 3 is 2.53 bits per heavy atom. The number of hydrogen-bond acceptors (Lipinski definition) is 1. The zero-order valence-corrected chi connectivity index (χ0v) is 10.7. The highest BCUT2D eigenvalue weighted by Gasteiger charge is 1.98. The van der Waals surface area contributed by atoms with Crippen LogP contribution in [-0.2, 0) is 0 Å². The molecular weight excluding hydrogens is 297 g/mol. The highest BCUT2D eigenvalue weighted by atomic mass is 127. The van der Waals surface area contributed by atoms with Gasteiger partial charge in [-0.15, -0.1) is 0 Å². The summed E-state index contributed by atoms with van der Waals surface area (Å²) in [5.41, 5.74) is 3.56. The predicted octanol–water partition coefficient (Wildman–Crippen LogP) is 4.34. The number of anilines is 2. The third kappa shape index (κ3) is 2.72. The van der Waals surface area contributed by atoms with Gasteiger partial charge in [0, 0.05) is 9.26 Å². The lowest BCUT2D eigenvalue weighted by Crippen LogP contribution is -1.92. The van der Waals surface area contributed by atoms with Gasteiger partial charge in [-0.1, -0.05) is 24.3 Å². The molecule has 0 fully saturated rings. The number of halogens is 1. The Kier molecular flexibility index (Phi) is 3.26. The van der Waals surface area contributed by atoms with Gasteiger partial charge in [0.2, 0.25) is 0 Å². The van der Waals surface area contributed by atoms with Crippen molar-refractivity contribution in [2.24, 2.45) is 0 Å². The molecule has 1 nitrogen and oxygen atoms in total. The second kappa shape index (κ2) is 4.66. The van der Waals surface area contributed by atoms with Crippen LogP contribution in [0.15, 0.2) is 48.5 Å². The number of benzene rings is 2. The van der Waals surface area contributed by atoms with E-state index in [1.807, 2.05) is 12.1 Å². The zero-order valence-electron chi connectivity index (χ0n) is 8.50. The van der Waals surface area contributed by atoms with Crippen molar-refractivity contribution < 1.29 is 0 Å². The molecule has 2 rings (SSSR count). The molecule has 76 valence electrons. The van der Waals surface area contributed by atoms with Gasteiger partial charge in [-0.2, -0.15) is 0 Å². The van der Waals surface area contributed by atoms with Gasteiger partial charge < -0.3 is 5.32 Å². The molecule has 0 spiro atoms. The fourth-order valence-electron chi connectivity index (χ4n) is 1.44. The Morgan fingerprint density at radius 1 is 1.00 bits per heavy atom. The van der Waals surface area contributed by atoms with Gasteiger partial charge in [0.05, 0.1) is 5.69 Å². The number of rotatable bonds is 2. The molecule has 0 amide bonds. The summed E-state index contributed by atoms with van der Waals surface area (Å²) >= 11 is 2.33. The van der Waals surface area contributed by atoms with E-state index in [9.17, 15) is 0 Å². The average Bonchev–Trinajstić information content (AvgIpc) is 2.22. The molecule has 0 atom stereocenters. The van der Waals surface area contributed by atoms with Gasteiger partial charge in [-0.25, -0.2) is 0 Å². The molecule has 0 aliphatic carbocycles. The van der Waals surface area contributed by atoms with E-state index in [1.165, 1.54) is 9.13 Å². The van der Waals surface area contributed by atoms with E-state index >= 15 is 0 Å². The van der Waals surface area contributed by atoms with Crippen LogP contribution in [0.1, 0.15) is 5.56 Å². The first kappa shape index (κ1) is 10.5. The summed E-state index contributed by atoms with van der Waals surface area (Å²) in [4.78, 5) is 0. The van der Waals surface area contributed by atoms with Crippen molar-refractivity contribution in [1.82, 2.24) is 0 Å². The Hall–Kier alpha value is -1.03. The van der Waals surface area contributed by atoms with E-state index < -0.39 is 0 Å². The topological polar surface area (TPSA) is 12.0 Å². The lowest BCUT2D eigenvalue weighted by atomic mass is 10.2. The third-order valence-corrected chi connectivity index (χ3v) is 3.11. The molecule has 15 heavy (non-hydrogen) atoms. The summed E-state index contributed by atoms with van der Waals surface area (Å²) in [5, 5.41) is 3.41. The van der Waals surface area contributed by atoms with E-state index in [0.717, 1.165) is 11.4 Å². The monoisotopic (exact) mass is 309 g/mol. The molecule has 0 aromatic heterocycles. The zero-order chi connectivity index (χ0) is 10.7. The Balaban J connectivity index is 2.26. The molecular formula is C13H12IN. The Labute approximate surface area is 104 Å². The first-order valence-electron chi connectivity index (χ1n) is 4.84. The summed E-state index contributed by atoms with van der Waals surface area (Å²) < 4.78 is 1.23. The highest BCUT2D eigenvalue weighted by molar-refractivity contribution is 14.1. The number of hydrogen-bond donors (Lipinski definition) is 1. The summed E-state index contributed by atoms with van der Waals surface area (Å²) in [7, 11) is 0. The fourth-order valence-corrected chi connectivity index (χ4v) is 1.96. The molecule has 2 aromatic rings. The lowest BCUT2D eigenvalue weighted by Gasteiger charge is -2.08. The van der Waals surface area contributed by atoms with Gasteiger partial charge in [0.25, 0.3) is 0 Å². The van der Waals surface area contributed by atoms with Crippen LogP contribution in [0.2, 0.25) is 0 Å². The standard InChI is InChI=1S/C13H12IN/c1-10-5-4-6-11(9-10)15-13-8-3-2-7-12(13)14/h2-9,15H,1H3. The summed E-state index contributed by atoms with van der Waals surface area (Å²) in [6.07, 6.45) is 0. The van der Waals surface area contributed by atoms with Crippen molar-refractivity contribution >= 4 is 34.0 Å². The second-order valence-corrected chi connectivity index (χ2v) is 4.64. The SMILES string of the molecule is Cc1cccc(Nc2ccccc2I)c1. The predicted molar refractivity (Wildman–Crippen MR) is 73.6 cm³/mol. The Bertz CT molecular complexity index is 466. The average molecular weight is 309 g/mol. The van der Waals surface area contributed by atoms with Crippen LogP contribution in [0.4, 0.5) is 11.4 Å². The lowest BCUT2D eigenvalue weighted by molar-refractivity contribution is 1.44. The quantitative estimate of drug-likeness (QED) is 0.814. The van der Waals surface area contributed by atoms with Gasteiger partial charge in [0.15, 0.2) is 0 Å². The van der Waals surface area contributed by atoms with E-state index in [2.05, 4.69) is 71.2 Å². The maximum atomic E-state index is 3.41. The summed E-state index contributed by atoms with van der Waals surface area (Å²) in [5.74, 6) is 0. The minimum atomic E-state index is 1.14. The number of aryl methyl sites for hydroxylation is 1. The molecule has 0 aliphatic rings. The molecule has 0 unspecified atom stereocenters. The first-order valence-corrected chi connectivity index (χ1v) is 5.92. The first-order chi connectivity index (χ1) is 7.25.